The Balaban J connectivity index is 2.59. The van der Waals surface area contributed by atoms with E-state index in [2.05, 4.69) is 5.32 Å². The molecular formula is C13H17NO2. The fraction of sp³-hybridized carbons (Fsp3) is 0.308. The average Bonchev–Trinajstić information content (AvgIpc) is 2.24. The molecule has 0 saturated heterocycles. The standard InChI is InChI=1S/C13H17NO2/c1-3-4-5-8-14-13(16)11-7-6-10(2)9-12(11)15/h3-4,6-7,9,15H,5,8H2,1-2H3,(H,14,16)/b4-3+. The molecule has 1 rings (SSSR count). The molecule has 3 nitrogen and oxygen atoms in total. The summed E-state index contributed by atoms with van der Waals surface area (Å²) in [5.74, 6) is -0.203. The third-order valence-corrected chi connectivity index (χ3v) is 2.23. The minimum atomic E-state index is -0.234. The van der Waals surface area contributed by atoms with Gasteiger partial charge in [0.1, 0.15) is 5.75 Å². The number of amides is 1. The number of aryl methyl sites for hydroxylation is 1. The molecule has 1 aromatic rings. The van der Waals surface area contributed by atoms with E-state index in [0.29, 0.717) is 12.1 Å². The van der Waals surface area contributed by atoms with Gasteiger partial charge >= 0.3 is 0 Å². The third-order valence-electron chi connectivity index (χ3n) is 2.23. The first-order valence-corrected chi connectivity index (χ1v) is 5.34. The lowest BCUT2D eigenvalue weighted by atomic mass is 10.1. The van der Waals surface area contributed by atoms with Crippen molar-refractivity contribution in [3.8, 4) is 5.75 Å². The maximum Gasteiger partial charge on any atom is 0.255 e. The molecular weight excluding hydrogens is 202 g/mol. The smallest absolute Gasteiger partial charge is 0.255 e. The van der Waals surface area contributed by atoms with Gasteiger partial charge in [-0.25, -0.2) is 0 Å². The number of hydrogen-bond acceptors (Lipinski definition) is 2. The van der Waals surface area contributed by atoms with Gasteiger partial charge in [-0.15, -0.1) is 0 Å². The Morgan fingerprint density at radius 1 is 1.50 bits per heavy atom. The average molecular weight is 219 g/mol. The molecule has 0 radical (unpaired) electrons. The van der Waals surface area contributed by atoms with Gasteiger partial charge < -0.3 is 10.4 Å². The van der Waals surface area contributed by atoms with Crippen molar-refractivity contribution in [3.05, 3.63) is 41.5 Å². The molecule has 0 unspecified atom stereocenters. The van der Waals surface area contributed by atoms with E-state index >= 15 is 0 Å². The van der Waals surface area contributed by atoms with Gasteiger partial charge in [-0.1, -0.05) is 18.2 Å². The minimum Gasteiger partial charge on any atom is -0.507 e. The Kier molecular flexibility index (Phi) is 4.58. The van der Waals surface area contributed by atoms with E-state index in [9.17, 15) is 9.90 Å². The van der Waals surface area contributed by atoms with Crippen LogP contribution >= 0.6 is 0 Å². The molecule has 3 heteroatoms. The summed E-state index contributed by atoms with van der Waals surface area (Å²) in [5, 5.41) is 12.3. The predicted molar refractivity (Wildman–Crippen MR) is 64.6 cm³/mol. The fourth-order valence-electron chi connectivity index (χ4n) is 1.36. The van der Waals surface area contributed by atoms with Crippen LogP contribution in [0.2, 0.25) is 0 Å². The first-order chi connectivity index (χ1) is 7.65. The van der Waals surface area contributed by atoms with Crippen LogP contribution in [-0.2, 0) is 0 Å². The predicted octanol–water partition coefficient (Wildman–Crippen LogP) is 2.40. The van der Waals surface area contributed by atoms with Crippen LogP contribution in [0.3, 0.4) is 0 Å². The van der Waals surface area contributed by atoms with E-state index in [0.717, 1.165) is 12.0 Å². The first kappa shape index (κ1) is 12.3. The van der Waals surface area contributed by atoms with E-state index in [-0.39, 0.29) is 11.7 Å². The molecule has 0 bridgehead atoms. The lowest BCUT2D eigenvalue weighted by Crippen LogP contribution is -2.24. The molecule has 0 saturated carbocycles. The lowest BCUT2D eigenvalue weighted by molar-refractivity contribution is 0.0951. The Bertz CT molecular complexity index is 397. The highest BCUT2D eigenvalue weighted by atomic mass is 16.3. The fourth-order valence-corrected chi connectivity index (χ4v) is 1.36. The Morgan fingerprint density at radius 3 is 2.88 bits per heavy atom. The van der Waals surface area contributed by atoms with Crippen LogP contribution in [0.15, 0.2) is 30.4 Å². The van der Waals surface area contributed by atoms with Crippen molar-refractivity contribution in [2.24, 2.45) is 0 Å². The van der Waals surface area contributed by atoms with Crippen molar-refractivity contribution in [1.29, 1.82) is 0 Å². The Hall–Kier alpha value is -1.77. The highest BCUT2D eigenvalue weighted by Gasteiger charge is 2.09. The third kappa shape index (κ3) is 3.42. The summed E-state index contributed by atoms with van der Waals surface area (Å²) >= 11 is 0. The summed E-state index contributed by atoms with van der Waals surface area (Å²) in [7, 11) is 0. The Morgan fingerprint density at radius 2 is 2.25 bits per heavy atom. The lowest BCUT2D eigenvalue weighted by Gasteiger charge is -2.06. The monoisotopic (exact) mass is 219 g/mol. The molecule has 1 amide bonds. The van der Waals surface area contributed by atoms with Crippen molar-refractivity contribution in [1.82, 2.24) is 5.32 Å². The number of phenolic OH excluding ortho intramolecular Hbond substituents is 1. The van der Waals surface area contributed by atoms with E-state index in [1.807, 2.05) is 26.0 Å². The van der Waals surface area contributed by atoms with Gasteiger partial charge in [0.25, 0.3) is 5.91 Å². The number of aromatic hydroxyl groups is 1. The molecule has 0 aromatic heterocycles. The van der Waals surface area contributed by atoms with Crippen molar-refractivity contribution in [3.63, 3.8) is 0 Å². The molecule has 0 heterocycles. The number of carbonyl (C=O) groups excluding carboxylic acids is 1. The topological polar surface area (TPSA) is 49.3 Å². The summed E-state index contributed by atoms with van der Waals surface area (Å²) in [6.45, 7) is 4.39. The van der Waals surface area contributed by atoms with Crippen LogP contribution < -0.4 is 5.32 Å². The summed E-state index contributed by atoms with van der Waals surface area (Å²) in [6.07, 6.45) is 4.72. The zero-order valence-electron chi connectivity index (χ0n) is 9.66. The highest BCUT2D eigenvalue weighted by molar-refractivity contribution is 5.96. The summed E-state index contributed by atoms with van der Waals surface area (Å²) < 4.78 is 0. The van der Waals surface area contributed by atoms with Crippen molar-refractivity contribution < 1.29 is 9.90 Å². The molecule has 0 atom stereocenters. The van der Waals surface area contributed by atoms with Gasteiger partial charge in [-0.3, -0.25) is 4.79 Å². The van der Waals surface area contributed by atoms with Gasteiger partial charge in [0, 0.05) is 6.54 Å². The van der Waals surface area contributed by atoms with E-state index in [1.165, 1.54) is 0 Å². The number of phenols is 1. The van der Waals surface area contributed by atoms with Gasteiger partial charge in [-0.05, 0) is 38.0 Å². The quantitative estimate of drug-likeness (QED) is 0.603. The minimum absolute atomic E-state index is 0.0310. The van der Waals surface area contributed by atoms with Crippen LogP contribution in [0.4, 0.5) is 0 Å². The molecule has 0 fully saturated rings. The Labute approximate surface area is 95.8 Å². The van der Waals surface area contributed by atoms with Crippen LogP contribution in [0.5, 0.6) is 5.75 Å². The SMILES string of the molecule is C/C=C/CCNC(=O)c1ccc(C)cc1O. The molecule has 0 aliphatic rings. The molecule has 0 aliphatic carbocycles. The van der Waals surface area contributed by atoms with E-state index < -0.39 is 0 Å². The summed E-state index contributed by atoms with van der Waals surface area (Å²) in [5.41, 5.74) is 1.26. The van der Waals surface area contributed by atoms with E-state index in [1.54, 1.807) is 18.2 Å². The van der Waals surface area contributed by atoms with Crippen LogP contribution in [0.25, 0.3) is 0 Å². The molecule has 2 N–H and O–H groups in total. The first-order valence-electron chi connectivity index (χ1n) is 5.34. The number of hydrogen-bond donors (Lipinski definition) is 2. The maximum absolute atomic E-state index is 11.6. The van der Waals surface area contributed by atoms with Gasteiger partial charge in [0.2, 0.25) is 0 Å². The normalized spacial score (nSPS) is 10.6. The zero-order chi connectivity index (χ0) is 12.0. The van der Waals surface area contributed by atoms with Crippen LogP contribution in [0, 0.1) is 6.92 Å². The number of carbonyl (C=O) groups is 1. The van der Waals surface area contributed by atoms with Crippen LogP contribution in [-0.4, -0.2) is 17.6 Å². The maximum atomic E-state index is 11.6. The van der Waals surface area contributed by atoms with Gasteiger partial charge in [-0.2, -0.15) is 0 Å². The number of nitrogens with one attached hydrogen (secondary N) is 1. The number of rotatable bonds is 4. The molecule has 86 valence electrons. The summed E-state index contributed by atoms with van der Waals surface area (Å²) in [4.78, 5) is 11.6. The van der Waals surface area contributed by atoms with Gasteiger partial charge in [0.05, 0.1) is 5.56 Å². The second kappa shape index (κ2) is 5.95. The van der Waals surface area contributed by atoms with Crippen molar-refractivity contribution in [2.75, 3.05) is 6.54 Å². The molecule has 0 aliphatic heterocycles. The zero-order valence-corrected chi connectivity index (χ0v) is 9.66. The molecule has 16 heavy (non-hydrogen) atoms. The highest BCUT2D eigenvalue weighted by Crippen LogP contribution is 2.17. The van der Waals surface area contributed by atoms with Gasteiger partial charge in [0.15, 0.2) is 0 Å². The largest absolute Gasteiger partial charge is 0.507 e. The number of allylic oxidation sites excluding steroid dienone is 1. The van der Waals surface area contributed by atoms with Crippen LogP contribution in [0.1, 0.15) is 29.3 Å². The van der Waals surface area contributed by atoms with Crippen molar-refractivity contribution >= 4 is 5.91 Å². The summed E-state index contributed by atoms with van der Waals surface area (Å²) in [6, 6.07) is 5.02. The second-order valence-corrected chi connectivity index (χ2v) is 3.63. The molecule has 0 spiro atoms. The van der Waals surface area contributed by atoms with E-state index in [4.69, 9.17) is 0 Å². The number of benzene rings is 1. The second-order valence-electron chi connectivity index (χ2n) is 3.63. The van der Waals surface area contributed by atoms with Crippen molar-refractivity contribution in [2.45, 2.75) is 20.3 Å². The molecule has 1 aromatic carbocycles.